The van der Waals surface area contributed by atoms with Crippen LogP contribution >= 0.6 is 11.3 Å². The number of likely N-dealkylation sites (tertiary alicyclic amines) is 1. The Balaban J connectivity index is 1.30. The van der Waals surface area contributed by atoms with E-state index in [1.807, 2.05) is 11.0 Å². The Labute approximate surface area is 148 Å². The molecule has 4 nitrogen and oxygen atoms in total. The van der Waals surface area contributed by atoms with Crippen LogP contribution in [-0.4, -0.2) is 49.8 Å². The molecule has 1 saturated carbocycles. The van der Waals surface area contributed by atoms with Gasteiger partial charge in [0.05, 0.1) is 17.6 Å². The average Bonchev–Trinajstić information content (AvgIpc) is 3.02. The van der Waals surface area contributed by atoms with Crippen LogP contribution < -0.4 is 0 Å². The Morgan fingerprint density at radius 3 is 2.92 bits per heavy atom. The first-order chi connectivity index (χ1) is 11.6. The molecule has 3 aliphatic rings. The lowest BCUT2D eigenvalue weighted by Crippen LogP contribution is -2.30. The van der Waals surface area contributed by atoms with Gasteiger partial charge in [0.15, 0.2) is 0 Å². The zero-order chi connectivity index (χ0) is 16.7. The Hall–Kier alpha value is -0.910. The monoisotopic (exact) mass is 349 g/mol. The Kier molecular flexibility index (Phi) is 4.67. The molecule has 0 aromatic carbocycles. The van der Waals surface area contributed by atoms with Crippen molar-refractivity contribution in [2.24, 2.45) is 17.8 Å². The normalized spacial score (nSPS) is 29.2. The van der Waals surface area contributed by atoms with Crippen molar-refractivity contribution in [3.05, 3.63) is 21.4 Å². The highest BCUT2D eigenvalue weighted by Crippen LogP contribution is 2.37. The minimum atomic E-state index is 0.179. The molecule has 132 valence electrons. The number of rotatable bonds is 6. The number of aryl methyl sites for hydroxylation is 2. The summed E-state index contributed by atoms with van der Waals surface area (Å²) in [6, 6.07) is 2.03. The first-order valence-electron chi connectivity index (χ1n) is 9.17. The quantitative estimate of drug-likeness (QED) is 0.740. The number of thiophene rings is 1. The van der Waals surface area contributed by atoms with E-state index in [1.54, 1.807) is 11.3 Å². The topological polar surface area (TPSA) is 38.8 Å². The van der Waals surface area contributed by atoms with Crippen LogP contribution in [0.15, 0.2) is 6.07 Å². The van der Waals surface area contributed by atoms with Gasteiger partial charge in [0, 0.05) is 37.1 Å². The summed E-state index contributed by atoms with van der Waals surface area (Å²) in [6.07, 6.45) is 3.98. The van der Waals surface area contributed by atoms with Crippen LogP contribution in [0.1, 0.15) is 39.4 Å². The van der Waals surface area contributed by atoms with Gasteiger partial charge in [-0.3, -0.25) is 4.79 Å². The minimum Gasteiger partial charge on any atom is -0.381 e. The zero-order valence-electron chi connectivity index (χ0n) is 14.6. The maximum Gasteiger partial charge on any atom is 0.264 e. The highest BCUT2D eigenvalue weighted by Gasteiger charge is 2.45. The fourth-order valence-corrected chi connectivity index (χ4v) is 4.87. The molecule has 0 unspecified atom stereocenters. The lowest BCUT2D eigenvalue weighted by molar-refractivity contribution is 0.0655. The van der Waals surface area contributed by atoms with E-state index < -0.39 is 0 Å². The van der Waals surface area contributed by atoms with Gasteiger partial charge < -0.3 is 14.4 Å². The lowest BCUT2D eigenvalue weighted by atomic mass is 9.91. The maximum atomic E-state index is 12.7. The molecule has 0 spiro atoms. The van der Waals surface area contributed by atoms with Crippen LogP contribution in [0.3, 0.4) is 0 Å². The summed E-state index contributed by atoms with van der Waals surface area (Å²) in [5.74, 6) is 2.03. The second-order valence-corrected chi connectivity index (χ2v) is 8.92. The summed E-state index contributed by atoms with van der Waals surface area (Å²) < 4.78 is 11.8. The number of hydrogen-bond donors (Lipinski definition) is 0. The second kappa shape index (κ2) is 6.77. The number of carbonyl (C=O) groups excluding carboxylic acids is 1. The van der Waals surface area contributed by atoms with E-state index in [2.05, 4.69) is 13.8 Å². The standard InChI is InChI=1S/C19H27NO3S/c1-12-7-18(24-13(12)2)19(21)20-8-16-15(11-23-17(16)9-20)5-6-22-10-14-3-4-14/h7,14-17H,3-6,8-11H2,1-2H3/t15-,16-,17-/m1/s1. The number of hydrogen-bond acceptors (Lipinski definition) is 4. The molecule has 2 aliphatic heterocycles. The van der Waals surface area contributed by atoms with Gasteiger partial charge in [0.2, 0.25) is 0 Å². The maximum absolute atomic E-state index is 12.7. The Morgan fingerprint density at radius 2 is 2.21 bits per heavy atom. The van der Waals surface area contributed by atoms with Crippen LogP contribution in [0, 0.1) is 31.6 Å². The molecule has 3 heterocycles. The van der Waals surface area contributed by atoms with Crippen molar-refractivity contribution in [3.63, 3.8) is 0 Å². The van der Waals surface area contributed by atoms with E-state index in [1.165, 1.54) is 23.3 Å². The number of carbonyl (C=O) groups is 1. The number of ether oxygens (including phenoxy) is 2. The molecule has 2 saturated heterocycles. The van der Waals surface area contributed by atoms with Crippen molar-refractivity contribution in [2.45, 2.75) is 39.2 Å². The van der Waals surface area contributed by atoms with E-state index in [0.29, 0.717) is 11.8 Å². The van der Waals surface area contributed by atoms with Gasteiger partial charge in [0.1, 0.15) is 0 Å². The summed E-state index contributed by atoms with van der Waals surface area (Å²) in [4.78, 5) is 16.9. The predicted octanol–water partition coefficient (Wildman–Crippen LogP) is 3.27. The molecule has 1 aromatic rings. The Bertz CT molecular complexity index is 590. The molecular weight excluding hydrogens is 322 g/mol. The molecule has 0 bridgehead atoms. The van der Waals surface area contributed by atoms with E-state index in [9.17, 15) is 4.79 Å². The largest absolute Gasteiger partial charge is 0.381 e. The van der Waals surface area contributed by atoms with Crippen LogP contribution in [0.5, 0.6) is 0 Å². The Morgan fingerprint density at radius 1 is 1.38 bits per heavy atom. The third kappa shape index (κ3) is 3.39. The first-order valence-corrected chi connectivity index (χ1v) is 9.99. The SMILES string of the molecule is Cc1cc(C(=O)N2C[C@@H]3[C@H](CCOCC4CC4)CO[C@@H]3C2)sc1C. The van der Waals surface area contributed by atoms with Crippen molar-refractivity contribution >= 4 is 17.2 Å². The highest BCUT2D eigenvalue weighted by atomic mass is 32.1. The molecule has 1 aliphatic carbocycles. The summed E-state index contributed by atoms with van der Waals surface area (Å²) in [5, 5.41) is 0. The van der Waals surface area contributed by atoms with Gasteiger partial charge in [-0.05, 0) is 56.6 Å². The summed E-state index contributed by atoms with van der Waals surface area (Å²) >= 11 is 1.61. The fraction of sp³-hybridized carbons (Fsp3) is 0.737. The van der Waals surface area contributed by atoms with Gasteiger partial charge in [-0.25, -0.2) is 0 Å². The summed E-state index contributed by atoms with van der Waals surface area (Å²) in [6.45, 7) is 8.35. The van der Waals surface area contributed by atoms with Gasteiger partial charge in [0.25, 0.3) is 5.91 Å². The molecular formula is C19H27NO3S. The lowest BCUT2D eigenvalue weighted by Gasteiger charge is -2.19. The van der Waals surface area contributed by atoms with Crippen molar-refractivity contribution in [1.29, 1.82) is 0 Å². The van der Waals surface area contributed by atoms with E-state index in [0.717, 1.165) is 50.1 Å². The van der Waals surface area contributed by atoms with Crippen LogP contribution in [-0.2, 0) is 9.47 Å². The van der Waals surface area contributed by atoms with E-state index in [-0.39, 0.29) is 12.0 Å². The molecule has 0 N–H and O–H groups in total. The minimum absolute atomic E-state index is 0.179. The molecule has 5 heteroatoms. The van der Waals surface area contributed by atoms with E-state index in [4.69, 9.17) is 9.47 Å². The van der Waals surface area contributed by atoms with Crippen molar-refractivity contribution < 1.29 is 14.3 Å². The zero-order valence-corrected chi connectivity index (χ0v) is 15.4. The number of amides is 1. The van der Waals surface area contributed by atoms with Gasteiger partial charge in [-0.1, -0.05) is 0 Å². The van der Waals surface area contributed by atoms with Gasteiger partial charge >= 0.3 is 0 Å². The molecule has 1 aromatic heterocycles. The van der Waals surface area contributed by atoms with E-state index >= 15 is 0 Å². The molecule has 3 atom stereocenters. The summed E-state index contributed by atoms with van der Waals surface area (Å²) in [5.41, 5.74) is 1.21. The second-order valence-electron chi connectivity index (χ2n) is 7.66. The van der Waals surface area contributed by atoms with Crippen LogP contribution in [0.4, 0.5) is 0 Å². The van der Waals surface area contributed by atoms with Crippen molar-refractivity contribution in [2.75, 3.05) is 32.9 Å². The molecule has 3 fully saturated rings. The van der Waals surface area contributed by atoms with Crippen LogP contribution in [0.2, 0.25) is 0 Å². The number of nitrogens with zero attached hydrogens (tertiary/aromatic N) is 1. The first kappa shape index (κ1) is 16.6. The summed E-state index contributed by atoms with van der Waals surface area (Å²) in [7, 11) is 0. The van der Waals surface area contributed by atoms with Gasteiger partial charge in [-0.2, -0.15) is 0 Å². The molecule has 0 radical (unpaired) electrons. The van der Waals surface area contributed by atoms with Crippen LogP contribution in [0.25, 0.3) is 0 Å². The third-order valence-corrected chi connectivity index (χ3v) is 6.93. The third-order valence-electron chi connectivity index (χ3n) is 5.79. The highest BCUT2D eigenvalue weighted by molar-refractivity contribution is 7.14. The number of fused-ring (bicyclic) bond motifs is 1. The van der Waals surface area contributed by atoms with Crippen molar-refractivity contribution in [3.8, 4) is 0 Å². The molecule has 24 heavy (non-hydrogen) atoms. The van der Waals surface area contributed by atoms with Crippen molar-refractivity contribution in [1.82, 2.24) is 4.90 Å². The molecule has 4 rings (SSSR count). The molecule has 1 amide bonds. The smallest absolute Gasteiger partial charge is 0.264 e. The van der Waals surface area contributed by atoms with Gasteiger partial charge in [-0.15, -0.1) is 11.3 Å². The predicted molar refractivity (Wildman–Crippen MR) is 94.6 cm³/mol. The fourth-order valence-electron chi connectivity index (χ4n) is 3.87. The average molecular weight is 349 g/mol.